The van der Waals surface area contributed by atoms with Crippen LogP contribution in [0.4, 0.5) is 0 Å². The summed E-state index contributed by atoms with van der Waals surface area (Å²) in [7, 11) is 0. The molecule has 2 aromatic carbocycles. The van der Waals surface area contributed by atoms with Crippen LogP contribution in [0.15, 0.2) is 60.9 Å². The van der Waals surface area contributed by atoms with Crippen LogP contribution < -0.4 is 4.74 Å². The zero-order valence-electron chi connectivity index (χ0n) is 15.5. The third-order valence-corrected chi connectivity index (χ3v) is 5.43. The molecule has 6 heteroatoms. The van der Waals surface area contributed by atoms with E-state index in [0.717, 1.165) is 29.2 Å². The van der Waals surface area contributed by atoms with E-state index < -0.39 is 0 Å². The van der Waals surface area contributed by atoms with Crippen LogP contribution >= 0.6 is 12.2 Å². The summed E-state index contributed by atoms with van der Waals surface area (Å²) in [4.78, 5) is 2.45. The molecule has 0 amide bonds. The number of ether oxygens (including phenoxy) is 1. The maximum Gasteiger partial charge on any atom is 0.203 e. The molecule has 4 rings (SSSR count). The van der Waals surface area contributed by atoms with Gasteiger partial charge in [-0.1, -0.05) is 30.3 Å². The molecule has 2 heterocycles. The van der Waals surface area contributed by atoms with Crippen LogP contribution in [0.5, 0.6) is 5.75 Å². The molecule has 27 heavy (non-hydrogen) atoms. The first-order valence-electron chi connectivity index (χ1n) is 9.43. The van der Waals surface area contributed by atoms with Crippen LogP contribution in [0.25, 0.3) is 5.69 Å². The summed E-state index contributed by atoms with van der Waals surface area (Å²) in [6.07, 6.45) is 4.14. The lowest BCUT2D eigenvalue weighted by Gasteiger charge is -2.24. The van der Waals surface area contributed by atoms with Gasteiger partial charge in [0.25, 0.3) is 0 Å². The Hall–Kier alpha value is -2.44. The number of nitrogens with zero attached hydrogens (tertiary/aromatic N) is 4. The van der Waals surface area contributed by atoms with E-state index in [-0.39, 0.29) is 0 Å². The SMILES string of the molecule is CCOc1ccc(C2CCCN2Cn2ncn(-c3ccccc3)c2=S)cc1. The zero-order valence-corrected chi connectivity index (χ0v) is 16.3. The summed E-state index contributed by atoms with van der Waals surface area (Å²) < 4.78 is 10.2. The molecule has 1 aromatic heterocycles. The minimum absolute atomic E-state index is 0.393. The van der Waals surface area contributed by atoms with Crippen LogP contribution in [0.2, 0.25) is 0 Å². The predicted octanol–water partition coefficient (Wildman–Crippen LogP) is 4.60. The Labute approximate surface area is 164 Å². The van der Waals surface area contributed by atoms with Gasteiger partial charge in [-0.15, -0.1) is 0 Å². The summed E-state index contributed by atoms with van der Waals surface area (Å²) in [5.74, 6) is 0.926. The number of aromatic nitrogens is 3. The first kappa shape index (κ1) is 17.9. The highest BCUT2D eigenvalue weighted by atomic mass is 32.1. The molecule has 1 saturated heterocycles. The molecule has 1 unspecified atom stereocenters. The molecule has 1 fully saturated rings. The Morgan fingerprint density at radius 3 is 2.63 bits per heavy atom. The monoisotopic (exact) mass is 380 g/mol. The van der Waals surface area contributed by atoms with Gasteiger partial charge >= 0.3 is 0 Å². The first-order valence-corrected chi connectivity index (χ1v) is 9.84. The Bertz CT molecular complexity index is 933. The summed E-state index contributed by atoms with van der Waals surface area (Å²) >= 11 is 5.66. The van der Waals surface area contributed by atoms with Crippen LogP contribution in [0.1, 0.15) is 31.4 Å². The van der Waals surface area contributed by atoms with Crippen LogP contribution in [-0.4, -0.2) is 32.4 Å². The third-order valence-electron chi connectivity index (χ3n) is 5.02. The third kappa shape index (κ3) is 3.82. The molecular weight excluding hydrogens is 356 g/mol. The molecule has 0 bridgehead atoms. The average Bonchev–Trinajstić information content (AvgIpc) is 3.31. The quantitative estimate of drug-likeness (QED) is 0.586. The fourth-order valence-corrected chi connectivity index (χ4v) is 3.96. The maximum atomic E-state index is 5.66. The molecule has 3 aromatic rings. The number of hydrogen-bond acceptors (Lipinski definition) is 4. The van der Waals surface area contributed by atoms with Crippen molar-refractivity contribution in [1.29, 1.82) is 0 Å². The van der Waals surface area contributed by atoms with E-state index in [1.165, 1.54) is 12.0 Å². The van der Waals surface area contributed by atoms with Crippen molar-refractivity contribution >= 4 is 12.2 Å². The normalized spacial score (nSPS) is 17.3. The van der Waals surface area contributed by atoms with E-state index in [2.05, 4.69) is 34.3 Å². The molecule has 0 N–H and O–H groups in total. The largest absolute Gasteiger partial charge is 0.494 e. The highest BCUT2D eigenvalue weighted by Gasteiger charge is 2.26. The molecule has 1 aliphatic heterocycles. The van der Waals surface area contributed by atoms with Gasteiger partial charge in [0, 0.05) is 18.3 Å². The Morgan fingerprint density at radius 2 is 1.89 bits per heavy atom. The van der Waals surface area contributed by atoms with Crippen molar-refractivity contribution in [2.45, 2.75) is 32.5 Å². The second-order valence-electron chi connectivity index (χ2n) is 6.73. The zero-order chi connectivity index (χ0) is 18.6. The molecule has 1 aliphatic rings. The smallest absolute Gasteiger partial charge is 0.203 e. The topological polar surface area (TPSA) is 35.2 Å². The summed E-state index contributed by atoms with van der Waals surface area (Å²) in [6, 6.07) is 19.0. The minimum Gasteiger partial charge on any atom is -0.494 e. The highest BCUT2D eigenvalue weighted by Crippen LogP contribution is 2.33. The molecule has 140 valence electrons. The number of para-hydroxylation sites is 1. The Balaban J connectivity index is 1.52. The van der Waals surface area contributed by atoms with Crippen LogP contribution in [0.3, 0.4) is 0 Å². The average molecular weight is 381 g/mol. The summed E-state index contributed by atoms with van der Waals surface area (Å²) in [5.41, 5.74) is 2.36. The number of rotatable bonds is 6. The maximum absolute atomic E-state index is 5.66. The second kappa shape index (κ2) is 8.06. The van der Waals surface area contributed by atoms with Gasteiger partial charge in [0.1, 0.15) is 12.1 Å². The van der Waals surface area contributed by atoms with Gasteiger partial charge in [0.2, 0.25) is 4.77 Å². The molecule has 0 spiro atoms. The Morgan fingerprint density at radius 1 is 1.11 bits per heavy atom. The van der Waals surface area contributed by atoms with Crippen molar-refractivity contribution in [3.8, 4) is 11.4 Å². The van der Waals surface area contributed by atoms with Crippen molar-refractivity contribution < 1.29 is 4.74 Å². The lowest BCUT2D eigenvalue weighted by Crippen LogP contribution is -2.27. The molecule has 5 nitrogen and oxygen atoms in total. The predicted molar refractivity (Wildman–Crippen MR) is 109 cm³/mol. The molecule has 0 aliphatic carbocycles. The van der Waals surface area contributed by atoms with E-state index in [0.29, 0.717) is 19.3 Å². The van der Waals surface area contributed by atoms with Crippen LogP contribution in [0, 0.1) is 4.77 Å². The van der Waals surface area contributed by atoms with E-state index in [9.17, 15) is 0 Å². The molecule has 0 saturated carbocycles. The molecular formula is C21H24N4OS. The van der Waals surface area contributed by atoms with Gasteiger partial charge in [-0.25, -0.2) is 4.68 Å². The fraction of sp³-hybridized carbons (Fsp3) is 0.333. The number of benzene rings is 2. The minimum atomic E-state index is 0.393. The van der Waals surface area contributed by atoms with E-state index in [1.807, 2.05) is 46.5 Å². The molecule has 1 atom stereocenters. The van der Waals surface area contributed by atoms with Gasteiger partial charge in [-0.05, 0) is 61.8 Å². The number of hydrogen-bond donors (Lipinski definition) is 0. The lowest BCUT2D eigenvalue weighted by molar-refractivity contribution is 0.190. The standard InChI is InChI=1S/C21H24N4OS/c1-2-26-19-12-10-17(11-13-19)20-9-6-14-23(20)16-25-21(27)24(15-22-25)18-7-4-3-5-8-18/h3-5,7-8,10-13,15,20H,2,6,9,14,16H2,1H3. The van der Waals surface area contributed by atoms with Crippen molar-refractivity contribution in [3.05, 3.63) is 71.3 Å². The van der Waals surface area contributed by atoms with Gasteiger partial charge in [-0.2, -0.15) is 5.10 Å². The van der Waals surface area contributed by atoms with Crippen molar-refractivity contribution in [1.82, 2.24) is 19.2 Å². The lowest BCUT2D eigenvalue weighted by atomic mass is 10.0. The van der Waals surface area contributed by atoms with Crippen molar-refractivity contribution in [2.75, 3.05) is 13.2 Å². The van der Waals surface area contributed by atoms with Gasteiger partial charge in [0.05, 0.1) is 13.3 Å². The van der Waals surface area contributed by atoms with Crippen LogP contribution in [-0.2, 0) is 6.67 Å². The highest BCUT2D eigenvalue weighted by molar-refractivity contribution is 7.71. The Kier molecular flexibility index (Phi) is 5.36. The van der Waals surface area contributed by atoms with E-state index in [1.54, 1.807) is 6.33 Å². The fourth-order valence-electron chi connectivity index (χ4n) is 3.70. The van der Waals surface area contributed by atoms with E-state index in [4.69, 9.17) is 17.0 Å². The first-order chi connectivity index (χ1) is 13.3. The van der Waals surface area contributed by atoms with Gasteiger partial charge < -0.3 is 4.74 Å². The van der Waals surface area contributed by atoms with Crippen molar-refractivity contribution in [2.24, 2.45) is 0 Å². The second-order valence-corrected chi connectivity index (χ2v) is 7.10. The van der Waals surface area contributed by atoms with Gasteiger partial charge in [-0.3, -0.25) is 9.47 Å². The van der Waals surface area contributed by atoms with Crippen molar-refractivity contribution in [3.63, 3.8) is 0 Å². The molecule has 0 radical (unpaired) electrons. The van der Waals surface area contributed by atoms with Gasteiger partial charge in [0.15, 0.2) is 0 Å². The van der Waals surface area contributed by atoms with E-state index >= 15 is 0 Å². The summed E-state index contributed by atoms with van der Waals surface area (Å²) in [5, 5.41) is 4.54. The number of likely N-dealkylation sites (tertiary alicyclic amines) is 1. The summed E-state index contributed by atoms with van der Waals surface area (Å²) in [6.45, 7) is 4.45.